The SMILES string of the molecule is COC(=O)C(=Cc1ccc(CO[Si](C)(C)C(C)(C)C)cc1)C(=O)OC. The molecular formula is C19H28O5Si. The van der Waals surface area contributed by atoms with Crippen molar-refractivity contribution < 1.29 is 23.5 Å². The van der Waals surface area contributed by atoms with Gasteiger partial charge in [0.1, 0.15) is 5.57 Å². The van der Waals surface area contributed by atoms with E-state index in [2.05, 4.69) is 43.3 Å². The minimum Gasteiger partial charge on any atom is -0.465 e. The fourth-order valence-electron chi connectivity index (χ4n) is 1.78. The molecule has 0 bridgehead atoms. The van der Waals surface area contributed by atoms with Gasteiger partial charge in [0.2, 0.25) is 0 Å². The highest BCUT2D eigenvalue weighted by Gasteiger charge is 2.36. The molecule has 0 aliphatic carbocycles. The molecule has 25 heavy (non-hydrogen) atoms. The number of ether oxygens (including phenoxy) is 2. The Hall–Kier alpha value is -1.92. The maximum Gasteiger partial charge on any atom is 0.345 e. The van der Waals surface area contributed by atoms with Crippen molar-refractivity contribution in [3.05, 3.63) is 41.0 Å². The number of hydrogen-bond acceptors (Lipinski definition) is 5. The van der Waals surface area contributed by atoms with Crippen molar-refractivity contribution in [3.63, 3.8) is 0 Å². The van der Waals surface area contributed by atoms with Crippen LogP contribution in [0.1, 0.15) is 31.9 Å². The first-order valence-corrected chi connectivity index (χ1v) is 11.0. The second-order valence-corrected chi connectivity index (χ2v) is 12.1. The summed E-state index contributed by atoms with van der Waals surface area (Å²) in [4.78, 5) is 23.4. The Kier molecular flexibility index (Phi) is 7.13. The van der Waals surface area contributed by atoms with Gasteiger partial charge in [0.15, 0.2) is 8.32 Å². The van der Waals surface area contributed by atoms with Crippen LogP contribution >= 0.6 is 0 Å². The number of methoxy groups -OCH3 is 2. The van der Waals surface area contributed by atoms with E-state index in [1.54, 1.807) is 0 Å². The summed E-state index contributed by atoms with van der Waals surface area (Å²) < 4.78 is 15.4. The normalized spacial score (nSPS) is 11.6. The van der Waals surface area contributed by atoms with Gasteiger partial charge in [-0.15, -0.1) is 0 Å². The molecule has 0 saturated heterocycles. The number of carbonyl (C=O) groups is 2. The predicted octanol–water partition coefficient (Wildman–Crippen LogP) is 3.94. The van der Waals surface area contributed by atoms with Crippen molar-refractivity contribution in [2.75, 3.05) is 14.2 Å². The molecule has 5 nitrogen and oxygen atoms in total. The van der Waals surface area contributed by atoms with Crippen molar-refractivity contribution in [2.45, 2.75) is 45.5 Å². The van der Waals surface area contributed by atoms with Crippen molar-refractivity contribution >= 4 is 26.3 Å². The van der Waals surface area contributed by atoms with Crippen LogP contribution in [0, 0.1) is 0 Å². The Bertz CT molecular complexity index is 621. The van der Waals surface area contributed by atoms with Gasteiger partial charge in [0, 0.05) is 0 Å². The van der Waals surface area contributed by atoms with Gasteiger partial charge in [0.25, 0.3) is 0 Å². The zero-order valence-electron chi connectivity index (χ0n) is 16.1. The highest BCUT2D eigenvalue weighted by atomic mass is 28.4. The van der Waals surface area contributed by atoms with Gasteiger partial charge < -0.3 is 13.9 Å². The third-order valence-corrected chi connectivity index (χ3v) is 8.99. The molecule has 0 fully saturated rings. The molecule has 1 rings (SSSR count). The Morgan fingerprint density at radius 2 is 1.48 bits per heavy atom. The Morgan fingerprint density at radius 1 is 1.00 bits per heavy atom. The monoisotopic (exact) mass is 364 g/mol. The van der Waals surface area contributed by atoms with E-state index < -0.39 is 20.3 Å². The van der Waals surface area contributed by atoms with E-state index in [1.165, 1.54) is 20.3 Å². The van der Waals surface area contributed by atoms with Gasteiger partial charge in [-0.05, 0) is 35.3 Å². The minimum atomic E-state index is -1.80. The lowest BCUT2D eigenvalue weighted by atomic mass is 10.1. The average Bonchev–Trinajstić information content (AvgIpc) is 2.56. The fourth-order valence-corrected chi connectivity index (χ4v) is 2.74. The number of hydrogen-bond donors (Lipinski definition) is 0. The summed E-state index contributed by atoms with van der Waals surface area (Å²) in [7, 11) is 0.644. The molecule has 0 heterocycles. The number of carbonyl (C=O) groups excluding carboxylic acids is 2. The van der Waals surface area contributed by atoms with Crippen LogP contribution in [-0.4, -0.2) is 34.5 Å². The zero-order chi connectivity index (χ0) is 19.3. The molecule has 0 aliphatic heterocycles. The summed E-state index contributed by atoms with van der Waals surface area (Å²) in [6.45, 7) is 11.6. The van der Waals surface area contributed by atoms with Gasteiger partial charge in [0.05, 0.1) is 20.8 Å². The summed E-state index contributed by atoms with van der Waals surface area (Å²) >= 11 is 0. The molecule has 1 aromatic carbocycles. The average molecular weight is 365 g/mol. The fraction of sp³-hybridized carbons (Fsp3) is 0.474. The predicted molar refractivity (Wildman–Crippen MR) is 100 cm³/mol. The topological polar surface area (TPSA) is 61.8 Å². The van der Waals surface area contributed by atoms with E-state index >= 15 is 0 Å². The largest absolute Gasteiger partial charge is 0.465 e. The van der Waals surface area contributed by atoms with Crippen LogP contribution in [0.5, 0.6) is 0 Å². The lowest BCUT2D eigenvalue weighted by Gasteiger charge is -2.36. The molecule has 6 heteroatoms. The summed E-state index contributed by atoms with van der Waals surface area (Å²) in [5.41, 5.74) is 1.61. The number of rotatable bonds is 6. The van der Waals surface area contributed by atoms with Crippen molar-refractivity contribution in [2.24, 2.45) is 0 Å². The summed E-state index contributed by atoms with van der Waals surface area (Å²) in [6, 6.07) is 7.50. The van der Waals surface area contributed by atoms with Gasteiger partial charge in [-0.2, -0.15) is 0 Å². The molecule has 0 aromatic heterocycles. The van der Waals surface area contributed by atoms with Crippen LogP contribution in [0.2, 0.25) is 18.1 Å². The highest BCUT2D eigenvalue weighted by molar-refractivity contribution is 6.74. The van der Waals surface area contributed by atoms with Crippen LogP contribution in [0.25, 0.3) is 6.08 Å². The first-order chi connectivity index (χ1) is 11.5. The summed E-state index contributed by atoms with van der Waals surface area (Å²) in [6.07, 6.45) is 1.45. The maximum absolute atomic E-state index is 11.7. The van der Waals surface area contributed by atoms with E-state index in [0.29, 0.717) is 12.2 Å². The lowest BCUT2D eigenvalue weighted by molar-refractivity contribution is -0.143. The first kappa shape index (κ1) is 21.1. The molecule has 0 atom stereocenters. The number of esters is 2. The summed E-state index contributed by atoms with van der Waals surface area (Å²) in [5.74, 6) is -1.45. The van der Waals surface area contributed by atoms with Gasteiger partial charge in [-0.25, -0.2) is 9.59 Å². The molecule has 0 saturated carbocycles. The summed E-state index contributed by atoms with van der Waals surface area (Å²) in [5, 5.41) is 0.158. The molecule has 1 aromatic rings. The Balaban J connectivity index is 2.90. The van der Waals surface area contributed by atoms with Crippen LogP contribution in [0.4, 0.5) is 0 Å². The third-order valence-electron chi connectivity index (χ3n) is 4.51. The zero-order valence-corrected chi connectivity index (χ0v) is 17.1. The second kappa shape index (κ2) is 8.45. The quantitative estimate of drug-likeness (QED) is 0.252. The van der Waals surface area contributed by atoms with Crippen LogP contribution < -0.4 is 0 Å². The second-order valence-electron chi connectivity index (χ2n) is 7.33. The van der Waals surface area contributed by atoms with Gasteiger partial charge in [-0.1, -0.05) is 45.0 Å². The Morgan fingerprint density at radius 3 is 1.88 bits per heavy atom. The third kappa shape index (κ3) is 5.83. The highest BCUT2D eigenvalue weighted by Crippen LogP contribution is 2.37. The molecule has 0 radical (unpaired) electrons. The van der Waals surface area contributed by atoms with Gasteiger partial charge >= 0.3 is 11.9 Å². The molecule has 0 spiro atoms. The van der Waals surface area contributed by atoms with Crippen LogP contribution in [0.3, 0.4) is 0 Å². The lowest BCUT2D eigenvalue weighted by Crippen LogP contribution is -2.40. The molecule has 0 N–H and O–H groups in total. The van der Waals surface area contributed by atoms with Crippen molar-refractivity contribution in [1.82, 2.24) is 0 Å². The molecule has 138 valence electrons. The Labute approximate surface area is 151 Å². The van der Waals surface area contributed by atoms with Crippen molar-refractivity contribution in [1.29, 1.82) is 0 Å². The minimum absolute atomic E-state index is 0.143. The molecular weight excluding hydrogens is 336 g/mol. The van der Waals surface area contributed by atoms with E-state index in [0.717, 1.165) is 5.56 Å². The van der Waals surface area contributed by atoms with E-state index in [-0.39, 0.29) is 10.6 Å². The van der Waals surface area contributed by atoms with E-state index in [1.807, 2.05) is 24.3 Å². The van der Waals surface area contributed by atoms with E-state index in [9.17, 15) is 9.59 Å². The van der Waals surface area contributed by atoms with Crippen molar-refractivity contribution in [3.8, 4) is 0 Å². The molecule has 0 amide bonds. The molecule has 0 unspecified atom stereocenters. The maximum atomic E-state index is 11.7. The standard InChI is InChI=1S/C19H28O5Si/c1-19(2,3)25(6,7)24-13-15-10-8-14(9-11-15)12-16(17(20)22-4)18(21)23-5/h8-12H,13H2,1-7H3. The molecule has 0 aliphatic rings. The smallest absolute Gasteiger partial charge is 0.345 e. The van der Waals surface area contributed by atoms with Crippen LogP contribution in [-0.2, 0) is 30.1 Å². The van der Waals surface area contributed by atoms with E-state index in [4.69, 9.17) is 4.43 Å². The van der Waals surface area contributed by atoms with Crippen LogP contribution in [0.15, 0.2) is 29.8 Å². The first-order valence-electron chi connectivity index (χ1n) is 8.13. The van der Waals surface area contributed by atoms with Gasteiger partial charge in [-0.3, -0.25) is 0 Å². The number of benzene rings is 1.